The molecular formula is C19H28N4O2S2. The minimum atomic E-state index is -3.53. The minimum absolute atomic E-state index is 0.327. The molecule has 1 fully saturated rings. The van der Waals surface area contributed by atoms with Crippen molar-refractivity contribution in [2.45, 2.75) is 23.7 Å². The van der Waals surface area contributed by atoms with E-state index in [1.807, 2.05) is 24.3 Å². The summed E-state index contributed by atoms with van der Waals surface area (Å²) in [5.74, 6) is 0. The van der Waals surface area contributed by atoms with E-state index in [4.69, 9.17) is 0 Å². The first kappa shape index (κ1) is 20.3. The summed E-state index contributed by atoms with van der Waals surface area (Å²) in [4.78, 5) is 4.83. The highest BCUT2D eigenvalue weighted by Crippen LogP contribution is 2.22. The fraction of sp³-hybridized carbons (Fsp3) is 0.474. The van der Waals surface area contributed by atoms with Gasteiger partial charge in [0.05, 0.1) is 5.69 Å². The fourth-order valence-electron chi connectivity index (χ4n) is 3.15. The number of para-hydroxylation sites is 1. The van der Waals surface area contributed by atoms with Crippen LogP contribution in [0.2, 0.25) is 0 Å². The molecular weight excluding hydrogens is 380 g/mol. The third kappa shape index (κ3) is 5.76. The fourth-order valence-corrected chi connectivity index (χ4v) is 5.25. The maximum absolute atomic E-state index is 12.5. The van der Waals surface area contributed by atoms with Crippen molar-refractivity contribution in [1.82, 2.24) is 15.1 Å². The van der Waals surface area contributed by atoms with Gasteiger partial charge >= 0.3 is 0 Å². The molecule has 1 aromatic carbocycles. The maximum Gasteiger partial charge on any atom is 0.271 e. The van der Waals surface area contributed by atoms with Gasteiger partial charge < -0.3 is 10.2 Å². The standard InChI is InChI=1S/C19H28N4O2S2/c1-16(15-23-11-9-22(2)10-12-23)20-14-17-6-3-4-7-18(17)21-27(24,25)19-8-5-13-26-19/h3-8,13,16,20-21H,9-12,14-15H2,1-2H3. The average molecular weight is 409 g/mol. The summed E-state index contributed by atoms with van der Waals surface area (Å²) in [5, 5.41) is 5.30. The second-order valence-electron chi connectivity index (χ2n) is 7.08. The Balaban J connectivity index is 1.58. The summed E-state index contributed by atoms with van der Waals surface area (Å²) >= 11 is 1.22. The van der Waals surface area contributed by atoms with Gasteiger partial charge in [-0.2, -0.15) is 0 Å². The molecule has 1 unspecified atom stereocenters. The van der Waals surface area contributed by atoms with E-state index in [2.05, 4.69) is 33.8 Å². The summed E-state index contributed by atoms with van der Waals surface area (Å²) in [6.07, 6.45) is 0. The highest BCUT2D eigenvalue weighted by molar-refractivity contribution is 7.94. The Morgan fingerprint density at radius 3 is 2.56 bits per heavy atom. The van der Waals surface area contributed by atoms with Crippen LogP contribution in [0.3, 0.4) is 0 Å². The molecule has 6 nitrogen and oxygen atoms in total. The molecule has 1 aliphatic heterocycles. The van der Waals surface area contributed by atoms with Crippen molar-refractivity contribution in [3.63, 3.8) is 0 Å². The van der Waals surface area contributed by atoms with Crippen LogP contribution in [0.4, 0.5) is 5.69 Å². The molecule has 1 saturated heterocycles. The number of piperazine rings is 1. The molecule has 1 atom stereocenters. The maximum atomic E-state index is 12.5. The van der Waals surface area contributed by atoms with E-state index in [1.165, 1.54) is 11.3 Å². The van der Waals surface area contributed by atoms with E-state index in [0.29, 0.717) is 22.5 Å². The van der Waals surface area contributed by atoms with Crippen LogP contribution in [0.15, 0.2) is 46.0 Å². The molecule has 0 bridgehead atoms. The van der Waals surface area contributed by atoms with Crippen molar-refractivity contribution in [2.24, 2.45) is 0 Å². The van der Waals surface area contributed by atoms with Gasteiger partial charge in [0, 0.05) is 45.3 Å². The zero-order valence-electron chi connectivity index (χ0n) is 15.9. The number of rotatable bonds is 8. The van der Waals surface area contributed by atoms with E-state index in [-0.39, 0.29) is 0 Å². The van der Waals surface area contributed by atoms with Crippen molar-refractivity contribution in [2.75, 3.05) is 44.5 Å². The van der Waals surface area contributed by atoms with Gasteiger partial charge in [-0.3, -0.25) is 9.62 Å². The third-order valence-electron chi connectivity index (χ3n) is 4.79. The van der Waals surface area contributed by atoms with Crippen LogP contribution in [-0.4, -0.2) is 64.0 Å². The molecule has 0 spiro atoms. The third-order valence-corrected chi connectivity index (χ3v) is 7.55. The number of likely N-dealkylation sites (N-methyl/N-ethyl adjacent to an activating group) is 1. The van der Waals surface area contributed by atoms with Gasteiger partial charge in [0.1, 0.15) is 4.21 Å². The Labute approximate surface area is 166 Å². The van der Waals surface area contributed by atoms with Crippen LogP contribution in [0.5, 0.6) is 0 Å². The molecule has 3 rings (SSSR count). The van der Waals surface area contributed by atoms with Crippen LogP contribution in [0.25, 0.3) is 0 Å². The minimum Gasteiger partial charge on any atom is -0.309 e. The summed E-state index contributed by atoms with van der Waals surface area (Å²) in [5.41, 5.74) is 1.58. The number of nitrogens with zero attached hydrogens (tertiary/aromatic N) is 2. The summed E-state index contributed by atoms with van der Waals surface area (Å²) in [6, 6.07) is 11.2. The molecule has 1 aliphatic rings. The largest absolute Gasteiger partial charge is 0.309 e. The van der Waals surface area contributed by atoms with Crippen LogP contribution in [0.1, 0.15) is 12.5 Å². The number of hydrogen-bond donors (Lipinski definition) is 2. The molecule has 0 aliphatic carbocycles. The first-order valence-corrected chi connectivity index (χ1v) is 11.6. The highest BCUT2D eigenvalue weighted by atomic mass is 32.2. The Morgan fingerprint density at radius 2 is 1.85 bits per heavy atom. The number of sulfonamides is 1. The summed E-state index contributed by atoms with van der Waals surface area (Å²) in [7, 11) is -1.37. The lowest BCUT2D eigenvalue weighted by atomic mass is 10.1. The van der Waals surface area contributed by atoms with Gasteiger partial charge in [-0.15, -0.1) is 11.3 Å². The predicted molar refractivity (Wildman–Crippen MR) is 112 cm³/mol. The van der Waals surface area contributed by atoms with E-state index in [9.17, 15) is 8.42 Å². The number of hydrogen-bond acceptors (Lipinski definition) is 6. The molecule has 8 heteroatoms. The van der Waals surface area contributed by atoms with Crippen molar-refractivity contribution in [3.05, 3.63) is 47.3 Å². The summed E-state index contributed by atoms with van der Waals surface area (Å²) < 4.78 is 28.1. The predicted octanol–water partition coefficient (Wildman–Crippen LogP) is 2.27. The van der Waals surface area contributed by atoms with Crippen molar-refractivity contribution < 1.29 is 8.42 Å². The van der Waals surface area contributed by atoms with Crippen LogP contribution in [-0.2, 0) is 16.6 Å². The van der Waals surface area contributed by atoms with E-state index in [1.54, 1.807) is 17.5 Å². The number of benzene rings is 1. The molecule has 1 aromatic heterocycles. The number of thiophene rings is 1. The lowest BCUT2D eigenvalue weighted by Gasteiger charge is -2.34. The SMILES string of the molecule is CC(CN1CCN(C)CC1)NCc1ccccc1NS(=O)(=O)c1cccs1. The van der Waals surface area contributed by atoms with Gasteiger partial charge in [0.25, 0.3) is 10.0 Å². The van der Waals surface area contributed by atoms with Gasteiger partial charge in [0.15, 0.2) is 0 Å². The van der Waals surface area contributed by atoms with Crippen LogP contribution in [0, 0.1) is 0 Å². The van der Waals surface area contributed by atoms with E-state index >= 15 is 0 Å². The Kier molecular flexibility index (Phi) is 6.88. The zero-order chi connectivity index (χ0) is 19.3. The van der Waals surface area contributed by atoms with Gasteiger partial charge in [-0.1, -0.05) is 24.3 Å². The lowest BCUT2D eigenvalue weighted by Crippen LogP contribution is -2.48. The van der Waals surface area contributed by atoms with E-state index < -0.39 is 10.0 Å². The van der Waals surface area contributed by atoms with Crippen molar-refractivity contribution in [1.29, 1.82) is 0 Å². The quantitative estimate of drug-likeness (QED) is 0.702. The highest BCUT2D eigenvalue weighted by Gasteiger charge is 2.18. The molecule has 0 amide bonds. The molecule has 148 valence electrons. The van der Waals surface area contributed by atoms with Crippen LogP contribution >= 0.6 is 11.3 Å². The monoisotopic (exact) mass is 408 g/mol. The normalized spacial score (nSPS) is 17.7. The number of nitrogens with one attached hydrogen (secondary N) is 2. The Bertz CT molecular complexity index is 816. The molecule has 2 aromatic rings. The van der Waals surface area contributed by atoms with Crippen LogP contribution < -0.4 is 10.0 Å². The molecule has 0 saturated carbocycles. The number of anilines is 1. The second-order valence-corrected chi connectivity index (χ2v) is 9.94. The summed E-state index contributed by atoms with van der Waals surface area (Å²) in [6.45, 7) is 8.21. The van der Waals surface area contributed by atoms with Gasteiger partial charge in [-0.25, -0.2) is 8.42 Å². The molecule has 2 heterocycles. The van der Waals surface area contributed by atoms with Crippen molar-refractivity contribution >= 4 is 27.0 Å². The smallest absolute Gasteiger partial charge is 0.271 e. The first-order chi connectivity index (χ1) is 12.9. The zero-order valence-corrected chi connectivity index (χ0v) is 17.5. The molecule has 27 heavy (non-hydrogen) atoms. The van der Waals surface area contributed by atoms with Gasteiger partial charge in [0.2, 0.25) is 0 Å². The lowest BCUT2D eigenvalue weighted by molar-refractivity contribution is 0.144. The first-order valence-electron chi connectivity index (χ1n) is 9.22. The topological polar surface area (TPSA) is 64.7 Å². The molecule has 2 N–H and O–H groups in total. The molecule has 0 radical (unpaired) electrons. The van der Waals surface area contributed by atoms with E-state index in [0.717, 1.165) is 38.3 Å². The Hall–Kier alpha value is -1.45. The Morgan fingerprint density at radius 1 is 1.11 bits per heavy atom. The second kappa shape index (κ2) is 9.16. The van der Waals surface area contributed by atoms with Crippen molar-refractivity contribution in [3.8, 4) is 0 Å². The van der Waals surface area contributed by atoms with Gasteiger partial charge in [-0.05, 0) is 37.0 Å². The average Bonchev–Trinajstić information content (AvgIpc) is 3.18.